The maximum absolute atomic E-state index is 11.4. The quantitative estimate of drug-likeness (QED) is 0.416. The van der Waals surface area contributed by atoms with Gasteiger partial charge in [-0.15, -0.1) is 0 Å². The van der Waals surface area contributed by atoms with Crippen molar-refractivity contribution in [1.82, 2.24) is 0 Å². The fraction of sp³-hybridized carbons (Fsp3) is 0.423. The Morgan fingerprint density at radius 1 is 0.968 bits per heavy atom. The molecule has 0 spiro atoms. The van der Waals surface area contributed by atoms with E-state index in [1.807, 2.05) is 0 Å². The molecule has 1 aliphatic carbocycles. The van der Waals surface area contributed by atoms with Crippen LogP contribution in [0, 0.1) is 0 Å². The molecule has 31 heavy (non-hydrogen) atoms. The highest BCUT2D eigenvalue weighted by Crippen LogP contribution is 2.31. The van der Waals surface area contributed by atoms with Crippen molar-refractivity contribution >= 4 is 17.6 Å². The molecule has 5 nitrogen and oxygen atoms in total. The number of esters is 1. The monoisotopic (exact) mass is 422 g/mol. The number of fused-ring (bicyclic) bond motifs is 1. The van der Waals surface area contributed by atoms with Crippen molar-refractivity contribution in [3.63, 3.8) is 0 Å². The van der Waals surface area contributed by atoms with Gasteiger partial charge >= 0.3 is 5.97 Å². The first kappa shape index (κ1) is 23.0. The zero-order valence-corrected chi connectivity index (χ0v) is 18.2. The summed E-state index contributed by atoms with van der Waals surface area (Å²) in [6.07, 6.45) is 9.49. The molecule has 166 valence electrons. The number of nitrogens with two attached hydrogens (primary N) is 2. The number of ether oxygens (including phenoxy) is 2. The number of allylic oxidation sites excluding steroid dienone is 1. The number of rotatable bonds is 11. The van der Waals surface area contributed by atoms with E-state index in [0.29, 0.717) is 13.2 Å². The van der Waals surface area contributed by atoms with Crippen molar-refractivity contribution in [2.75, 3.05) is 19.8 Å². The third-order valence-corrected chi connectivity index (χ3v) is 5.59. The molecule has 0 fully saturated rings. The van der Waals surface area contributed by atoms with E-state index in [1.54, 1.807) is 0 Å². The fourth-order valence-corrected chi connectivity index (χ4v) is 3.76. The molecule has 1 atom stereocenters. The van der Waals surface area contributed by atoms with E-state index < -0.39 is 12.0 Å². The van der Waals surface area contributed by atoms with E-state index in [-0.39, 0.29) is 6.54 Å². The minimum absolute atomic E-state index is 0.114. The van der Waals surface area contributed by atoms with E-state index in [9.17, 15) is 4.79 Å². The van der Waals surface area contributed by atoms with Gasteiger partial charge in [-0.3, -0.25) is 4.79 Å². The van der Waals surface area contributed by atoms with Gasteiger partial charge in [-0.2, -0.15) is 0 Å². The smallest absolute Gasteiger partial charge is 0.324 e. The molecule has 0 heterocycles. The number of hydrogen-bond donors (Lipinski definition) is 2. The van der Waals surface area contributed by atoms with Crippen LogP contribution in [0.15, 0.2) is 48.5 Å². The lowest BCUT2D eigenvalue weighted by Crippen LogP contribution is -2.39. The summed E-state index contributed by atoms with van der Waals surface area (Å²) in [5, 5.41) is 0. The van der Waals surface area contributed by atoms with Crippen molar-refractivity contribution in [2.24, 2.45) is 11.5 Å². The van der Waals surface area contributed by atoms with Crippen LogP contribution in [0.4, 0.5) is 0 Å². The Kier molecular flexibility index (Phi) is 9.13. The van der Waals surface area contributed by atoms with Gasteiger partial charge < -0.3 is 20.9 Å². The van der Waals surface area contributed by atoms with E-state index in [0.717, 1.165) is 50.7 Å². The average Bonchev–Trinajstić information content (AvgIpc) is 3.02. The average molecular weight is 423 g/mol. The van der Waals surface area contributed by atoms with Gasteiger partial charge in [0.15, 0.2) is 0 Å². The Bertz CT molecular complexity index is 864. The van der Waals surface area contributed by atoms with Crippen molar-refractivity contribution in [1.29, 1.82) is 0 Å². The molecule has 0 aromatic heterocycles. The minimum Gasteiger partial charge on any atom is -0.494 e. The van der Waals surface area contributed by atoms with Crippen LogP contribution in [-0.2, 0) is 16.0 Å². The topological polar surface area (TPSA) is 87.6 Å². The summed E-state index contributed by atoms with van der Waals surface area (Å²) in [6, 6.07) is 16.4. The lowest BCUT2D eigenvalue weighted by Gasteiger charge is -2.10. The second-order valence-electron chi connectivity index (χ2n) is 8.02. The standard InChI is InChI=1S/C26H34N2O3/c27-19-25(28)26(29)31-16-7-2-1-6-15-30-24-14-13-23-17-21(11-8-12-22(23)18-24)20-9-4-3-5-10-20/h3-5,9-10,13-14,17-18,25H,1-2,6-8,11-12,15-16,19,27-28H2. The van der Waals surface area contributed by atoms with Gasteiger partial charge in [-0.25, -0.2) is 0 Å². The number of unbranched alkanes of at least 4 members (excludes halogenated alkanes) is 3. The largest absolute Gasteiger partial charge is 0.494 e. The normalized spacial score (nSPS) is 14.2. The molecule has 5 heteroatoms. The van der Waals surface area contributed by atoms with E-state index in [1.165, 1.54) is 22.3 Å². The highest BCUT2D eigenvalue weighted by Gasteiger charge is 2.12. The molecule has 1 aliphatic rings. The van der Waals surface area contributed by atoms with E-state index >= 15 is 0 Å². The lowest BCUT2D eigenvalue weighted by molar-refractivity contribution is -0.145. The Morgan fingerprint density at radius 3 is 2.52 bits per heavy atom. The van der Waals surface area contributed by atoms with Gasteiger partial charge in [0.2, 0.25) is 0 Å². The zero-order valence-electron chi connectivity index (χ0n) is 18.2. The zero-order chi connectivity index (χ0) is 21.9. The number of benzene rings is 2. The van der Waals surface area contributed by atoms with Crippen LogP contribution in [0.5, 0.6) is 5.75 Å². The summed E-state index contributed by atoms with van der Waals surface area (Å²) in [4.78, 5) is 11.4. The molecule has 1 unspecified atom stereocenters. The molecule has 0 saturated carbocycles. The number of carbonyl (C=O) groups excluding carboxylic acids is 1. The Balaban J connectivity index is 1.39. The molecular weight excluding hydrogens is 388 g/mol. The van der Waals surface area contributed by atoms with Gasteiger partial charge in [0, 0.05) is 6.54 Å². The number of aryl methyl sites for hydroxylation is 1. The van der Waals surface area contributed by atoms with Gasteiger partial charge in [0.25, 0.3) is 0 Å². The van der Waals surface area contributed by atoms with Crippen LogP contribution in [0.1, 0.15) is 55.2 Å². The second-order valence-corrected chi connectivity index (χ2v) is 8.02. The van der Waals surface area contributed by atoms with Crippen molar-refractivity contribution in [3.8, 4) is 5.75 Å². The molecule has 0 saturated heterocycles. The first-order chi connectivity index (χ1) is 15.2. The van der Waals surface area contributed by atoms with E-state index in [2.05, 4.69) is 54.6 Å². The van der Waals surface area contributed by atoms with Crippen LogP contribution in [0.25, 0.3) is 11.6 Å². The highest BCUT2D eigenvalue weighted by molar-refractivity contribution is 5.83. The SMILES string of the molecule is NCC(N)C(=O)OCCCCCCOc1ccc2c(c1)CCCC(c1ccccc1)=C2. The summed E-state index contributed by atoms with van der Waals surface area (Å²) in [5.74, 6) is 0.528. The van der Waals surface area contributed by atoms with Crippen LogP contribution in [-0.4, -0.2) is 31.8 Å². The fourth-order valence-electron chi connectivity index (χ4n) is 3.76. The van der Waals surface area contributed by atoms with Crippen LogP contribution in [0.2, 0.25) is 0 Å². The first-order valence-corrected chi connectivity index (χ1v) is 11.3. The summed E-state index contributed by atoms with van der Waals surface area (Å²) in [6.45, 7) is 1.21. The predicted octanol–water partition coefficient (Wildman–Crippen LogP) is 4.33. The lowest BCUT2D eigenvalue weighted by atomic mass is 10.0. The van der Waals surface area contributed by atoms with E-state index in [4.69, 9.17) is 20.9 Å². The molecule has 0 radical (unpaired) electrons. The minimum atomic E-state index is -0.713. The van der Waals surface area contributed by atoms with Gasteiger partial charge in [0.05, 0.1) is 13.2 Å². The molecule has 0 bridgehead atoms. The summed E-state index contributed by atoms with van der Waals surface area (Å²) in [5.41, 5.74) is 16.2. The molecule has 2 aromatic carbocycles. The summed E-state index contributed by atoms with van der Waals surface area (Å²) < 4.78 is 11.1. The molecule has 0 amide bonds. The predicted molar refractivity (Wildman–Crippen MR) is 126 cm³/mol. The number of hydrogen-bond acceptors (Lipinski definition) is 5. The van der Waals surface area contributed by atoms with Crippen LogP contribution in [0.3, 0.4) is 0 Å². The first-order valence-electron chi connectivity index (χ1n) is 11.3. The van der Waals surface area contributed by atoms with Crippen LogP contribution < -0.4 is 16.2 Å². The second kappa shape index (κ2) is 12.3. The third-order valence-electron chi connectivity index (χ3n) is 5.59. The number of carbonyl (C=O) groups is 1. The van der Waals surface area contributed by atoms with Gasteiger partial charge in [-0.05, 0) is 79.3 Å². The third kappa shape index (κ3) is 7.23. The van der Waals surface area contributed by atoms with Crippen LogP contribution >= 0.6 is 0 Å². The molecule has 3 rings (SSSR count). The Hall–Kier alpha value is -2.63. The van der Waals surface area contributed by atoms with Crippen molar-refractivity contribution in [2.45, 2.75) is 51.0 Å². The van der Waals surface area contributed by atoms with Gasteiger partial charge in [0.1, 0.15) is 11.8 Å². The molecule has 0 aliphatic heterocycles. The summed E-state index contributed by atoms with van der Waals surface area (Å²) >= 11 is 0. The maximum Gasteiger partial charge on any atom is 0.324 e. The van der Waals surface area contributed by atoms with Gasteiger partial charge in [-0.1, -0.05) is 42.5 Å². The molecule has 2 aromatic rings. The maximum atomic E-state index is 11.4. The Morgan fingerprint density at radius 2 is 1.74 bits per heavy atom. The van der Waals surface area contributed by atoms with Crippen molar-refractivity contribution < 1.29 is 14.3 Å². The van der Waals surface area contributed by atoms with Crippen molar-refractivity contribution in [3.05, 3.63) is 65.2 Å². The molecule has 4 N–H and O–H groups in total. The summed E-state index contributed by atoms with van der Waals surface area (Å²) in [7, 11) is 0. The molecular formula is C26H34N2O3. The highest BCUT2D eigenvalue weighted by atomic mass is 16.5. The Labute approximate surface area is 185 Å².